The average Bonchev–Trinajstić information content (AvgIpc) is 3.21. The van der Waals surface area contributed by atoms with Crippen LogP contribution in [0.15, 0.2) is 72.9 Å². The van der Waals surface area contributed by atoms with Gasteiger partial charge in [0.05, 0.1) is 16.8 Å². The normalized spacial score (nSPS) is 10.7. The zero-order chi connectivity index (χ0) is 22.8. The van der Waals surface area contributed by atoms with E-state index in [2.05, 4.69) is 10.4 Å². The van der Waals surface area contributed by atoms with Crippen molar-refractivity contribution in [3.8, 4) is 16.9 Å². The third-order valence-electron chi connectivity index (χ3n) is 4.83. The summed E-state index contributed by atoms with van der Waals surface area (Å²) in [6.45, 7) is 1.92. The molecule has 1 heterocycles. The molecule has 0 saturated carbocycles. The monoisotopic (exact) mass is 432 g/mol. The van der Waals surface area contributed by atoms with Crippen LogP contribution in [0.1, 0.15) is 26.3 Å². The number of nitrogens with two attached hydrogens (primary N) is 1. The Balaban J connectivity index is 1.76. The molecule has 3 N–H and O–H groups in total. The van der Waals surface area contributed by atoms with Crippen LogP contribution in [0.4, 0.5) is 14.5 Å². The fraction of sp³-hybridized carbons (Fsp3) is 0.0417. The van der Waals surface area contributed by atoms with Gasteiger partial charge in [0.25, 0.3) is 11.8 Å². The van der Waals surface area contributed by atoms with E-state index in [0.29, 0.717) is 16.9 Å². The Morgan fingerprint density at radius 1 is 0.969 bits per heavy atom. The molecule has 0 aliphatic heterocycles. The fourth-order valence-electron chi connectivity index (χ4n) is 3.26. The molecule has 0 unspecified atom stereocenters. The third kappa shape index (κ3) is 4.24. The summed E-state index contributed by atoms with van der Waals surface area (Å²) in [5, 5.41) is 7.20. The Bertz CT molecular complexity index is 1330. The van der Waals surface area contributed by atoms with Crippen LogP contribution >= 0.6 is 0 Å². The van der Waals surface area contributed by atoms with Gasteiger partial charge in [0.15, 0.2) is 0 Å². The molecule has 0 aliphatic rings. The maximum atomic E-state index is 13.8. The first kappa shape index (κ1) is 20.9. The maximum Gasteiger partial charge on any atom is 0.259 e. The third-order valence-corrected chi connectivity index (χ3v) is 4.83. The van der Waals surface area contributed by atoms with Gasteiger partial charge < -0.3 is 11.1 Å². The van der Waals surface area contributed by atoms with Crippen LogP contribution in [0.3, 0.4) is 0 Å². The molecule has 160 valence electrons. The lowest BCUT2D eigenvalue weighted by atomic mass is 10.1. The Hall–Kier alpha value is -4.33. The molecule has 1 aromatic heterocycles. The molecule has 4 rings (SSSR count). The number of carbonyl (C=O) groups excluding carboxylic acids is 2. The molecule has 0 atom stereocenters. The van der Waals surface area contributed by atoms with E-state index in [9.17, 15) is 18.4 Å². The summed E-state index contributed by atoms with van der Waals surface area (Å²) in [4.78, 5) is 24.5. The molecule has 32 heavy (non-hydrogen) atoms. The predicted molar refractivity (Wildman–Crippen MR) is 117 cm³/mol. The second kappa shape index (κ2) is 8.43. The molecule has 0 spiro atoms. The lowest BCUT2D eigenvalue weighted by molar-refractivity contribution is 0.0992. The molecule has 0 fully saturated rings. The summed E-state index contributed by atoms with van der Waals surface area (Å²) in [5.74, 6) is -2.63. The molecular weight excluding hydrogens is 414 g/mol. The van der Waals surface area contributed by atoms with Gasteiger partial charge in [-0.05, 0) is 55.5 Å². The summed E-state index contributed by atoms with van der Waals surface area (Å²) >= 11 is 0. The second-order valence-electron chi connectivity index (χ2n) is 7.19. The molecule has 8 heteroatoms. The first-order valence-corrected chi connectivity index (χ1v) is 9.65. The van der Waals surface area contributed by atoms with Crippen molar-refractivity contribution >= 4 is 17.5 Å². The smallest absolute Gasteiger partial charge is 0.259 e. The topological polar surface area (TPSA) is 90.0 Å². The molecule has 0 bridgehead atoms. The van der Waals surface area contributed by atoms with E-state index >= 15 is 0 Å². The fourth-order valence-corrected chi connectivity index (χ4v) is 3.26. The molecule has 4 aromatic rings. The van der Waals surface area contributed by atoms with Gasteiger partial charge in [-0.1, -0.05) is 23.8 Å². The highest BCUT2D eigenvalue weighted by atomic mass is 19.1. The number of nitrogens with zero attached hydrogens (tertiary/aromatic N) is 2. The maximum absolute atomic E-state index is 13.8. The number of nitrogens with one attached hydrogen (secondary N) is 1. The lowest BCUT2D eigenvalue weighted by Gasteiger charge is -2.07. The number of aryl methyl sites for hydroxylation is 1. The van der Waals surface area contributed by atoms with Gasteiger partial charge in [-0.2, -0.15) is 5.10 Å². The van der Waals surface area contributed by atoms with Crippen molar-refractivity contribution in [3.63, 3.8) is 0 Å². The summed E-state index contributed by atoms with van der Waals surface area (Å²) in [6.07, 6.45) is 1.53. The highest BCUT2D eigenvalue weighted by Gasteiger charge is 2.20. The Labute approximate surface area is 182 Å². The van der Waals surface area contributed by atoms with Crippen molar-refractivity contribution < 1.29 is 18.4 Å². The van der Waals surface area contributed by atoms with Crippen molar-refractivity contribution in [2.75, 3.05) is 5.32 Å². The van der Waals surface area contributed by atoms with Gasteiger partial charge in [-0.15, -0.1) is 0 Å². The van der Waals surface area contributed by atoms with Crippen molar-refractivity contribution in [1.82, 2.24) is 9.78 Å². The number of rotatable bonds is 5. The van der Waals surface area contributed by atoms with Crippen LogP contribution < -0.4 is 11.1 Å². The summed E-state index contributed by atoms with van der Waals surface area (Å²) < 4.78 is 28.6. The minimum Gasteiger partial charge on any atom is -0.366 e. The average molecular weight is 432 g/mol. The number of halogens is 2. The van der Waals surface area contributed by atoms with E-state index < -0.39 is 17.6 Å². The number of benzene rings is 3. The van der Waals surface area contributed by atoms with Gasteiger partial charge in [-0.3, -0.25) is 9.59 Å². The standard InChI is InChI=1S/C24H18F2N4O2/c1-14-3-2-4-15(11-14)22-20(13-30(29-22)18-8-5-16(25)6-9-18)24(32)28-17-7-10-21(26)19(12-17)23(27)31/h2-13H,1H3,(H2,27,31)(H,28,32). The highest BCUT2D eigenvalue weighted by molar-refractivity contribution is 6.08. The van der Waals surface area contributed by atoms with Crippen LogP contribution in [0, 0.1) is 18.6 Å². The molecule has 0 saturated heterocycles. The van der Waals surface area contributed by atoms with Gasteiger partial charge in [0.2, 0.25) is 0 Å². The van der Waals surface area contributed by atoms with E-state index in [1.54, 1.807) is 12.1 Å². The number of hydrogen-bond acceptors (Lipinski definition) is 3. The number of aromatic nitrogens is 2. The van der Waals surface area contributed by atoms with Crippen LogP contribution in [-0.2, 0) is 0 Å². The zero-order valence-corrected chi connectivity index (χ0v) is 17.0. The lowest BCUT2D eigenvalue weighted by Crippen LogP contribution is -2.16. The summed E-state index contributed by atoms with van der Waals surface area (Å²) in [6, 6.07) is 16.7. The predicted octanol–water partition coefficient (Wildman–Crippen LogP) is 4.48. The molecular formula is C24H18F2N4O2. The van der Waals surface area contributed by atoms with Crippen molar-refractivity contribution in [1.29, 1.82) is 0 Å². The van der Waals surface area contributed by atoms with Crippen LogP contribution in [0.25, 0.3) is 16.9 Å². The van der Waals surface area contributed by atoms with Crippen molar-refractivity contribution in [2.45, 2.75) is 6.92 Å². The number of hydrogen-bond donors (Lipinski definition) is 2. The quantitative estimate of drug-likeness (QED) is 0.487. The minimum absolute atomic E-state index is 0.204. The number of primary amides is 1. The Kier molecular flexibility index (Phi) is 5.51. The molecule has 0 radical (unpaired) electrons. The SMILES string of the molecule is Cc1cccc(-c2nn(-c3ccc(F)cc3)cc2C(=O)Nc2ccc(F)c(C(N)=O)c2)c1. The Morgan fingerprint density at radius 3 is 2.41 bits per heavy atom. The van der Waals surface area contributed by atoms with Gasteiger partial charge in [0, 0.05) is 17.4 Å². The number of anilines is 1. The van der Waals surface area contributed by atoms with E-state index in [0.717, 1.165) is 11.6 Å². The van der Waals surface area contributed by atoms with Crippen molar-refractivity contribution in [3.05, 3.63) is 101 Å². The number of amides is 2. The largest absolute Gasteiger partial charge is 0.366 e. The first-order valence-electron chi connectivity index (χ1n) is 9.65. The minimum atomic E-state index is -0.942. The second-order valence-corrected chi connectivity index (χ2v) is 7.19. The molecule has 6 nitrogen and oxygen atoms in total. The number of carbonyl (C=O) groups is 2. The van der Waals surface area contributed by atoms with E-state index in [-0.39, 0.29) is 22.6 Å². The molecule has 2 amide bonds. The van der Waals surface area contributed by atoms with Crippen molar-refractivity contribution in [2.24, 2.45) is 5.73 Å². The molecule has 3 aromatic carbocycles. The van der Waals surface area contributed by atoms with E-state index in [4.69, 9.17) is 5.73 Å². The Morgan fingerprint density at radius 2 is 1.72 bits per heavy atom. The molecule has 0 aliphatic carbocycles. The van der Waals surface area contributed by atoms with Gasteiger partial charge in [-0.25, -0.2) is 13.5 Å². The van der Waals surface area contributed by atoms with Crippen LogP contribution in [-0.4, -0.2) is 21.6 Å². The van der Waals surface area contributed by atoms with Gasteiger partial charge in [0.1, 0.15) is 17.3 Å². The van der Waals surface area contributed by atoms with Crippen LogP contribution in [0.2, 0.25) is 0 Å². The van der Waals surface area contributed by atoms with Crippen LogP contribution in [0.5, 0.6) is 0 Å². The van der Waals surface area contributed by atoms with Gasteiger partial charge >= 0.3 is 0 Å². The summed E-state index contributed by atoms with van der Waals surface area (Å²) in [5.41, 5.74) is 7.97. The van der Waals surface area contributed by atoms with E-state index in [1.807, 2.05) is 31.2 Å². The highest BCUT2D eigenvalue weighted by Crippen LogP contribution is 2.26. The first-order chi connectivity index (χ1) is 15.3. The van der Waals surface area contributed by atoms with E-state index in [1.165, 1.54) is 35.1 Å². The zero-order valence-electron chi connectivity index (χ0n) is 17.0. The summed E-state index contributed by atoms with van der Waals surface area (Å²) in [7, 11) is 0.